The van der Waals surface area contributed by atoms with Crippen LogP contribution in [0, 0.1) is 6.92 Å². The lowest BCUT2D eigenvalue weighted by Gasteiger charge is -2.13. The van der Waals surface area contributed by atoms with Crippen molar-refractivity contribution in [3.63, 3.8) is 0 Å². The Morgan fingerprint density at radius 3 is 2.92 bits per heavy atom. The van der Waals surface area contributed by atoms with Crippen LogP contribution in [0.5, 0.6) is 0 Å². The molecule has 3 aromatic heterocycles. The van der Waals surface area contributed by atoms with Crippen LogP contribution >= 0.6 is 11.3 Å². The lowest BCUT2D eigenvalue weighted by atomic mass is 10.2. The van der Waals surface area contributed by atoms with Gasteiger partial charge in [0, 0.05) is 6.07 Å². The summed E-state index contributed by atoms with van der Waals surface area (Å²) in [6, 6.07) is 8.34. The summed E-state index contributed by atoms with van der Waals surface area (Å²) >= 11 is 1.72. The van der Waals surface area contributed by atoms with Crippen LogP contribution in [0.15, 0.2) is 34.2 Å². The first-order chi connectivity index (χ1) is 12.2. The van der Waals surface area contributed by atoms with Crippen molar-refractivity contribution in [1.29, 1.82) is 0 Å². The first kappa shape index (κ1) is 16.1. The monoisotopic (exact) mass is 356 g/mol. The fraction of sp³-hybridized carbons (Fsp3) is 0.389. The molecule has 25 heavy (non-hydrogen) atoms. The summed E-state index contributed by atoms with van der Waals surface area (Å²) in [4.78, 5) is 13.4. The predicted molar refractivity (Wildman–Crippen MR) is 95.5 cm³/mol. The summed E-state index contributed by atoms with van der Waals surface area (Å²) in [6.45, 7) is 2.14. The molecule has 0 saturated heterocycles. The molecule has 3 heterocycles. The zero-order valence-corrected chi connectivity index (χ0v) is 14.9. The van der Waals surface area contributed by atoms with Crippen LogP contribution in [-0.2, 0) is 6.54 Å². The topological polar surface area (TPSA) is 73.0 Å². The Bertz CT molecular complexity index is 860. The molecule has 0 aromatic carbocycles. The number of carbonyl (C=O) groups excluding carboxylic acids is 1. The van der Waals surface area contributed by atoms with Gasteiger partial charge >= 0.3 is 0 Å². The van der Waals surface area contributed by atoms with Gasteiger partial charge in [0.05, 0.1) is 28.9 Å². The molecule has 1 amide bonds. The minimum Gasteiger partial charge on any atom is -0.361 e. The highest BCUT2D eigenvalue weighted by atomic mass is 32.1. The smallest absolute Gasteiger partial charge is 0.273 e. The quantitative estimate of drug-likeness (QED) is 0.751. The molecule has 4 rings (SSSR count). The van der Waals surface area contributed by atoms with Crippen molar-refractivity contribution < 1.29 is 9.32 Å². The van der Waals surface area contributed by atoms with E-state index in [1.807, 2.05) is 0 Å². The molecular formula is C18H20N4O2S. The number of amides is 1. The minimum atomic E-state index is -0.245. The number of hydrogen-bond donors (Lipinski definition) is 1. The molecule has 0 atom stereocenters. The molecule has 0 aliphatic heterocycles. The third kappa shape index (κ3) is 3.37. The van der Waals surface area contributed by atoms with Crippen LogP contribution in [-0.4, -0.2) is 20.8 Å². The van der Waals surface area contributed by atoms with Gasteiger partial charge in [-0.05, 0) is 37.3 Å². The summed E-state index contributed by atoms with van der Waals surface area (Å²) in [5, 5.41) is 13.5. The van der Waals surface area contributed by atoms with E-state index in [1.54, 1.807) is 24.3 Å². The summed E-state index contributed by atoms with van der Waals surface area (Å²) < 4.78 is 7.10. The fourth-order valence-electron chi connectivity index (χ4n) is 3.30. The van der Waals surface area contributed by atoms with Crippen molar-refractivity contribution in [2.24, 2.45) is 0 Å². The number of hydrogen-bond acceptors (Lipinski definition) is 5. The van der Waals surface area contributed by atoms with Gasteiger partial charge in [0.15, 0.2) is 5.69 Å². The molecule has 0 radical (unpaired) electrons. The van der Waals surface area contributed by atoms with Gasteiger partial charge in [-0.3, -0.25) is 9.48 Å². The molecule has 3 aromatic rings. The maximum atomic E-state index is 12.1. The lowest BCUT2D eigenvalue weighted by Crippen LogP contribution is -2.23. The van der Waals surface area contributed by atoms with E-state index in [1.165, 1.54) is 30.6 Å². The Kier molecular flexibility index (Phi) is 4.40. The summed E-state index contributed by atoms with van der Waals surface area (Å²) in [6.07, 6.45) is 4.85. The second kappa shape index (κ2) is 6.84. The SMILES string of the molecule is Cc1cc(C(=O)NCc2cc(-c3cccs3)n(C3CCCC3)n2)no1. The molecule has 6 nitrogen and oxygen atoms in total. The molecule has 1 aliphatic carbocycles. The number of thiophene rings is 1. The van der Waals surface area contributed by atoms with Gasteiger partial charge in [-0.25, -0.2) is 0 Å². The molecule has 130 valence electrons. The van der Waals surface area contributed by atoms with Crippen molar-refractivity contribution in [3.05, 3.63) is 46.8 Å². The second-order valence-electron chi connectivity index (χ2n) is 6.39. The average Bonchev–Trinajstić information content (AvgIpc) is 3.38. The lowest BCUT2D eigenvalue weighted by molar-refractivity contribution is 0.0941. The molecule has 1 fully saturated rings. The zero-order valence-electron chi connectivity index (χ0n) is 14.1. The van der Waals surface area contributed by atoms with Crippen molar-refractivity contribution in [2.75, 3.05) is 0 Å². The van der Waals surface area contributed by atoms with Crippen LogP contribution in [0.25, 0.3) is 10.6 Å². The van der Waals surface area contributed by atoms with E-state index < -0.39 is 0 Å². The van der Waals surface area contributed by atoms with E-state index >= 15 is 0 Å². The van der Waals surface area contributed by atoms with Gasteiger partial charge in [-0.15, -0.1) is 11.3 Å². The van der Waals surface area contributed by atoms with Crippen LogP contribution in [0.4, 0.5) is 0 Å². The maximum absolute atomic E-state index is 12.1. The van der Waals surface area contributed by atoms with E-state index in [0.717, 1.165) is 11.4 Å². The highest BCUT2D eigenvalue weighted by Gasteiger charge is 2.22. The number of aryl methyl sites for hydroxylation is 1. The largest absolute Gasteiger partial charge is 0.361 e. The Hall–Kier alpha value is -2.41. The van der Waals surface area contributed by atoms with Crippen LogP contribution < -0.4 is 5.32 Å². The van der Waals surface area contributed by atoms with E-state index in [2.05, 4.69) is 38.7 Å². The number of rotatable bonds is 5. The molecule has 7 heteroatoms. The van der Waals surface area contributed by atoms with E-state index in [0.29, 0.717) is 24.0 Å². The third-order valence-corrected chi connectivity index (χ3v) is 5.41. The number of aromatic nitrogens is 3. The summed E-state index contributed by atoms with van der Waals surface area (Å²) in [7, 11) is 0. The summed E-state index contributed by atoms with van der Waals surface area (Å²) in [5.74, 6) is 0.376. The van der Waals surface area contributed by atoms with Crippen LogP contribution in [0.1, 0.15) is 53.7 Å². The van der Waals surface area contributed by atoms with Gasteiger partial charge in [0.1, 0.15) is 5.76 Å². The molecule has 1 saturated carbocycles. The van der Waals surface area contributed by atoms with Gasteiger partial charge in [-0.2, -0.15) is 5.10 Å². The molecule has 0 unspecified atom stereocenters. The third-order valence-electron chi connectivity index (χ3n) is 4.52. The average molecular weight is 356 g/mol. The Balaban J connectivity index is 1.53. The Labute approximate surface area is 149 Å². The molecule has 0 bridgehead atoms. The minimum absolute atomic E-state index is 0.245. The predicted octanol–water partition coefficient (Wildman–Crippen LogP) is 3.95. The zero-order chi connectivity index (χ0) is 17.2. The Morgan fingerprint density at radius 1 is 1.40 bits per heavy atom. The van der Waals surface area contributed by atoms with Gasteiger partial charge in [0.2, 0.25) is 0 Å². The number of nitrogens with zero attached hydrogens (tertiary/aromatic N) is 3. The van der Waals surface area contributed by atoms with E-state index in [4.69, 9.17) is 9.62 Å². The van der Waals surface area contributed by atoms with Crippen LogP contribution in [0.3, 0.4) is 0 Å². The van der Waals surface area contributed by atoms with Gasteiger partial charge in [0.25, 0.3) is 5.91 Å². The second-order valence-corrected chi connectivity index (χ2v) is 7.33. The van der Waals surface area contributed by atoms with Crippen molar-refractivity contribution in [3.8, 4) is 10.6 Å². The molecule has 1 aliphatic rings. The molecule has 1 N–H and O–H groups in total. The standard InChI is InChI=1S/C18H20N4O2S/c1-12-9-15(21-24-12)18(23)19-11-13-10-16(17-7-4-8-25-17)22(20-13)14-5-2-3-6-14/h4,7-10,14H,2-3,5-6,11H2,1H3,(H,19,23). The number of nitrogens with one attached hydrogen (secondary N) is 1. The van der Waals surface area contributed by atoms with Crippen molar-refractivity contribution in [1.82, 2.24) is 20.3 Å². The van der Waals surface area contributed by atoms with Crippen LogP contribution in [0.2, 0.25) is 0 Å². The molecule has 0 spiro atoms. The normalized spacial score (nSPS) is 14.9. The van der Waals surface area contributed by atoms with Gasteiger partial charge < -0.3 is 9.84 Å². The van der Waals surface area contributed by atoms with E-state index in [-0.39, 0.29) is 5.91 Å². The summed E-state index contributed by atoms with van der Waals surface area (Å²) in [5.41, 5.74) is 2.30. The Morgan fingerprint density at radius 2 is 2.24 bits per heavy atom. The fourth-order valence-corrected chi connectivity index (χ4v) is 4.04. The first-order valence-corrected chi connectivity index (χ1v) is 9.42. The van der Waals surface area contributed by atoms with Gasteiger partial charge in [-0.1, -0.05) is 24.1 Å². The van der Waals surface area contributed by atoms with Crippen molar-refractivity contribution in [2.45, 2.75) is 45.2 Å². The number of carbonyl (C=O) groups is 1. The van der Waals surface area contributed by atoms with Crippen molar-refractivity contribution >= 4 is 17.2 Å². The maximum Gasteiger partial charge on any atom is 0.273 e. The highest BCUT2D eigenvalue weighted by molar-refractivity contribution is 7.13. The van der Waals surface area contributed by atoms with E-state index in [9.17, 15) is 4.79 Å². The molecular weight excluding hydrogens is 336 g/mol. The highest BCUT2D eigenvalue weighted by Crippen LogP contribution is 2.35. The first-order valence-electron chi connectivity index (χ1n) is 8.54.